The predicted octanol–water partition coefficient (Wildman–Crippen LogP) is 5.17. The first kappa shape index (κ1) is 23.9. The monoisotopic (exact) mass is 461 g/mol. The SMILES string of the molecule is CC(C)CC(C(=O)OCC(=O)c1ccc(C2CCCCC2)cc1)N1C(=O)c2ccccc2C1=O. The zero-order valence-corrected chi connectivity index (χ0v) is 19.8. The number of imide groups is 1. The van der Waals surface area contributed by atoms with E-state index in [2.05, 4.69) is 0 Å². The first-order valence-corrected chi connectivity index (χ1v) is 12.1. The van der Waals surface area contributed by atoms with Crippen molar-refractivity contribution in [1.29, 1.82) is 0 Å². The molecule has 2 aromatic rings. The highest BCUT2D eigenvalue weighted by molar-refractivity contribution is 6.22. The predicted molar refractivity (Wildman–Crippen MR) is 128 cm³/mol. The van der Waals surface area contributed by atoms with Gasteiger partial charge >= 0.3 is 5.97 Å². The van der Waals surface area contributed by atoms with Crippen LogP contribution in [0.5, 0.6) is 0 Å². The number of benzene rings is 2. The Morgan fingerprint density at radius 3 is 2.06 bits per heavy atom. The highest BCUT2D eigenvalue weighted by Crippen LogP contribution is 2.32. The number of esters is 1. The van der Waals surface area contributed by atoms with Crippen LogP contribution >= 0.6 is 0 Å². The van der Waals surface area contributed by atoms with Crippen LogP contribution in [0.3, 0.4) is 0 Å². The standard InChI is InChI=1S/C28H31NO5/c1-18(2)16-24(29-26(31)22-10-6-7-11-23(22)27(29)32)28(33)34-17-25(30)21-14-12-20(13-15-21)19-8-4-3-5-9-19/h6-7,10-15,18-19,24H,3-5,8-9,16-17H2,1-2H3. The number of ether oxygens (including phenoxy) is 1. The molecule has 2 aliphatic rings. The third-order valence-corrected chi connectivity index (χ3v) is 6.76. The third kappa shape index (κ3) is 4.96. The van der Waals surface area contributed by atoms with E-state index in [-0.39, 0.29) is 29.2 Å². The second kappa shape index (κ2) is 10.3. The molecule has 1 aliphatic heterocycles. The van der Waals surface area contributed by atoms with Gasteiger partial charge in [0.25, 0.3) is 11.8 Å². The fourth-order valence-electron chi connectivity index (χ4n) is 4.94. The molecule has 0 spiro atoms. The van der Waals surface area contributed by atoms with E-state index in [1.807, 2.05) is 26.0 Å². The van der Waals surface area contributed by atoms with Crippen LogP contribution in [0.4, 0.5) is 0 Å². The molecule has 2 aromatic carbocycles. The normalized spacial score (nSPS) is 17.1. The van der Waals surface area contributed by atoms with Crippen LogP contribution < -0.4 is 0 Å². The van der Waals surface area contributed by atoms with Crippen LogP contribution in [0.1, 0.15) is 94.9 Å². The number of fused-ring (bicyclic) bond motifs is 1. The van der Waals surface area contributed by atoms with E-state index in [0.717, 1.165) is 4.90 Å². The van der Waals surface area contributed by atoms with Gasteiger partial charge in [0.2, 0.25) is 0 Å². The second-order valence-corrected chi connectivity index (χ2v) is 9.66. The fraction of sp³-hybridized carbons (Fsp3) is 0.429. The molecule has 178 valence electrons. The summed E-state index contributed by atoms with van der Waals surface area (Å²) in [6.45, 7) is 3.37. The highest BCUT2D eigenvalue weighted by atomic mass is 16.5. The van der Waals surface area contributed by atoms with Crippen molar-refractivity contribution in [2.24, 2.45) is 5.92 Å². The highest BCUT2D eigenvalue weighted by Gasteiger charge is 2.43. The van der Waals surface area contributed by atoms with Crippen LogP contribution in [0.2, 0.25) is 0 Å². The molecule has 1 heterocycles. The smallest absolute Gasteiger partial charge is 0.329 e. The zero-order valence-electron chi connectivity index (χ0n) is 19.8. The number of nitrogens with zero attached hydrogens (tertiary/aromatic N) is 1. The Kier molecular flexibility index (Phi) is 7.25. The maximum Gasteiger partial charge on any atom is 0.329 e. The van der Waals surface area contributed by atoms with Gasteiger partial charge in [0.1, 0.15) is 6.04 Å². The van der Waals surface area contributed by atoms with Crippen molar-refractivity contribution in [3.05, 3.63) is 70.8 Å². The van der Waals surface area contributed by atoms with E-state index in [0.29, 0.717) is 11.5 Å². The van der Waals surface area contributed by atoms with Crippen molar-refractivity contribution in [2.45, 2.75) is 64.3 Å². The molecule has 2 amide bonds. The quantitative estimate of drug-likeness (QED) is 0.308. The topological polar surface area (TPSA) is 80.8 Å². The van der Waals surface area contributed by atoms with Gasteiger partial charge in [-0.3, -0.25) is 19.3 Å². The average Bonchev–Trinajstić information content (AvgIpc) is 3.11. The van der Waals surface area contributed by atoms with Crippen LogP contribution in [0.15, 0.2) is 48.5 Å². The summed E-state index contributed by atoms with van der Waals surface area (Å²) in [5.74, 6) is -1.48. The van der Waals surface area contributed by atoms with E-state index in [4.69, 9.17) is 4.74 Å². The lowest BCUT2D eigenvalue weighted by Gasteiger charge is -2.25. The molecule has 0 bridgehead atoms. The third-order valence-electron chi connectivity index (χ3n) is 6.76. The number of amides is 2. The minimum Gasteiger partial charge on any atom is -0.456 e. The van der Waals surface area contributed by atoms with Crippen LogP contribution in [-0.4, -0.2) is 41.1 Å². The van der Waals surface area contributed by atoms with Crippen molar-refractivity contribution >= 4 is 23.6 Å². The molecule has 1 saturated carbocycles. The van der Waals surface area contributed by atoms with E-state index in [9.17, 15) is 19.2 Å². The van der Waals surface area contributed by atoms with Gasteiger partial charge in [0, 0.05) is 5.56 Å². The Balaban J connectivity index is 1.42. The van der Waals surface area contributed by atoms with Gasteiger partial charge in [0.05, 0.1) is 11.1 Å². The molecule has 0 saturated heterocycles. The van der Waals surface area contributed by atoms with Gasteiger partial charge in [-0.2, -0.15) is 0 Å². The minimum atomic E-state index is -1.08. The number of carbonyl (C=O) groups is 4. The van der Waals surface area contributed by atoms with Crippen LogP contribution in [-0.2, 0) is 9.53 Å². The summed E-state index contributed by atoms with van der Waals surface area (Å²) in [5.41, 5.74) is 2.29. The van der Waals surface area contributed by atoms with Crippen LogP contribution in [0.25, 0.3) is 0 Å². The lowest BCUT2D eigenvalue weighted by Crippen LogP contribution is -2.46. The molecule has 0 N–H and O–H groups in total. The van der Waals surface area contributed by atoms with Gasteiger partial charge < -0.3 is 4.74 Å². The molecule has 1 fully saturated rings. The Morgan fingerprint density at radius 2 is 1.50 bits per heavy atom. The molecule has 0 radical (unpaired) electrons. The van der Waals surface area contributed by atoms with E-state index in [1.54, 1.807) is 36.4 Å². The second-order valence-electron chi connectivity index (χ2n) is 9.66. The van der Waals surface area contributed by atoms with Gasteiger partial charge in [-0.05, 0) is 48.8 Å². The number of ketones is 1. The molecule has 6 heteroatoms. The summed E-state index contributed by atoms with van der Waals surface area (Å²) in [4.78, 5) is 52.4. The summed E-state index contributed by atoms with van der Waals surface area (Å²) in [7, 11) is 0. The van der Waals surface area contributed by atoms with Gasteiger partial charge in [-0.1, -0.05) is 69.5 Å². The largest absolute Gasteiger partial charge is 0.456 e. The van der Waals surface area contributed by atoms with Gasteiger partial charge in [-0.25, -0.2) is 4.79 Å². The maximum atomic E-state index is 13.0. The molecule has 34 heavy (non-hydrogen) atoms. The summed E-state index contributed by atoms with van der Waals surface area (Å²) < 4.78 is 5.34. The molecule has 6 nitrogen and oxygen atoms in total. The summed E-state index contributed by atoms with van der Waals surface area (Å²) >= 11 is 0. The Bertz CT molecular complexity index is 1050. The van der Waals surface area contributed by atoms with Crippen molar-refractivity contribution in [1.82, 2.24) is 4.90 Å². The minimum absolute atomic E-state index is 0.0323. The first-order valence-electron chi connectivity index (χ1n) is 12.1. The van der Waals surface area contributed by atoms with Crippen molar-refractivity contribution in [3.63, 3.8) is 0 Å². The zero-order chi connectivity index (χ0) is 24.2. The average molecular weight is 462 g/mol. The number of Topliss-reactive ketones (excluding diaryl/α,β-unsaturated/α-hetero) is 1. The molecule has 4 rings (SSSR count). The van der Waals surface area contributed by atoms with E-state index < -0.39 is 30.4 Å². The molecule has 0 aromatic heterocycles. The van der Waals surface area contributed by atoms with Crippen molar-refractivity contribution in [2.75, 3.05) is 6.61 Å². The number of rotatable bonds is 8. The number of hydrogen-bond donors (Lipinski definition) is 0. The Labute approximate surface area is 200 Å². The van der Waals surface area contributed by atoms with Crippen molar-refractivity contribution < 1.29 is 23.9 Å². The summed E-state index contributed by atoms with van der Waals surface area (Å²) in [6.07, 6.45) is 6.39. The van der Waals surface area contributed by atoms with E-state index in [1.165, 1.54) is 37.7 Å². The maximum absolute atomic E-state index is 13.0. The molecule has 1 aliphatic carbocycles. The molecule has 1 unspecified atom stereocenters. The summed E-state index contributed by atoms with van der Waals surface area (Å²) in [6, 6.07) is 13.0. The Hall–Kier alpha value is -3.28. The lowest BCUT2D eigenvalue weighted by atomic mass is 9.84. The number of hydrogen-bond acceptors (Lipinski definition) is 5. The Morgan fingerprint density at radius 1 is 0.912 bits per heavy atom. The van der Waals surface area contributed by atoms with Crippen molar-refractivity contribution in [3.8, 4) is 0 Å². The molecule has 1 atom stereocenters. The van der Waals surface area contributed by atoms with Gasteiger partial charge in [-0.15, -0.1) is 0 Å². The van der Waals surface area contributed by atoms with Gasteiger partial charge in [0.15, 0.2) is 12.4 Å². The molecular formula is C28H31NO5. The number of carbonyl (C=O) groups excluding carboxylic acids is 4. The molecular weight excluding hydrogens is 430 g/mol. The summed E-state index contributed by atoms with van der Waals surface area (Å²) in [5, 5.41) is 0. The lowest BCUT2D eigenvalue weighted by molar-refractivity contribution is -0.147. The first-order chi connectivity index (χ1) is 16.4. The fourth-order valence-corrected chi connectivity index (χ4v) is 4.94. The van der Waals surface area contributed by atoms with Crippen LogP contribution in [0, 0.1) is 5.92 Å². The van der Waals surface area contributed by atoms with E-state index >= 15 is 0 Å².